The Morgan fingerprint density at radius 1 is 1.64 bits per heavy atom. The van der Waals surface area contributed by atoms with Crippen LogP contribution in [0.4, 0.5) is 0 Å². The molecule has 3 nitrogen and oxygen atoms in total. The van der Waals surface area contributed by atoms with E-state index < -0.39 is 0 Å². The van der Waals surface area contributed by atoms with E-state index in [1.54, 1.807) is 0 Å². The molecule has 0 heterocycles. The minimum Gasteiger partial charge on any atom is -0.354 e. The second-order valence-corrected chi connectivity index (χ2v) is 4.07. The molecule has 1 rings (SSSR count). The molecule has 1 aliphatic rings. The van der Waals surface area contributed by atoms with Crippen LogP contribution in [0.25, 0.3) is 0 Å². The number of carbonyl (C=O) groups excluding carboxylic acids is 1. The average molecular weight is 196 g/mol. The molecule has 0 fully saturated rings. The van der Waals surface area contributed by atoms with Gasteiger partial charge in [0, 0.05) is 19.0 Å². The van der Waals surface area contributed by atoms with E-state index >= 15 is 0 Å². The van der Waals surface area contributed by atoms with E-state index in [1.165, 1.54) is 18.4 Å². The van der Waals surface area contributed by atoms with Gasteiger partial charge in [-0.15, -0.1) is 0 Å². The normalized spacial score (nSPS) is 18.6. The highest BCUT2D eigenvalue weighted by Crippen LogP contribution is 2.19. The Hall–Kier alpha value is -0.830. The zero-order chi connectivity index (χ0) is 10.4. The van der Waals surface area contributed by atoms with E-state index in [9.17, 15) is 4.79 Å². The topological polar surface area (TPSA) is 55.1 Å². The maximum Gasteiger partial charge on any atom is 0.224 e. The molecular formula is C11H20N2O. The maximum atomic E-state index is 11.4. The molecule has 0 saturated carbocycles. The molecular weight excluding hydrogens is 176 g/mol. The number of allylic oxidation sites excluding steroid dienone is 1. The Morgan fingerprint density at radius 3 is 3.00 bits per heavy atom. The fourth-order valence-electron chi connectivity index (χ4n) is 1.61. The first-order chi connectivity index (χ1) is 6.68. The van der Waals surface area contributed by atoms with Crippen molar-refractivity contribution in [1.29, 1.82) is 0 Å². The van der Waals surface area contributed by atoms with Crippen LogP contribution < -0.4 is 11.1 Å². The predicted molar refractivity (Wildman–Crippen MR) is 57.8 cm³/mol. The van der Waals surface area contributed by atoms with Gasteiger partial charge in [-0.2, -0.15) is 0 Å². The molecule has 1 amide bonds. The Balaban J connectivity index is 2.22. The summed E-state index contributed by atoms with van der Waals surface area (Å²) in [6.07, 6.45) is 7.49. The van der Waals surface area contributed by atoms with Crippen molar-refractivity contribution in [2.75, 3.05) is 6.54 Å². The summed E-state index contributed by atoms with van der Waals surface area (Å²) in [4.78, 5) is 11.4. The van der Waals surface area contributed by atoms with E-state index in [2.05, 4.69) is 11.4 Å². The molecule has 0 radical (unpaired) electrons. The molecule has 0 spiro atoms. The number of hydrogen-bond donors (Lipinski definition) is 2. The van der Waals surface area contributed by atoms with Crippen molar-refractivity contribution in [3.63, 3.8) is 0 Å². The van der Waals surface area contributed by atoms with Crippen LogP contribution in [0.2, 0.25) is 0 Å². The summed E-state index contributed by atoms with van der Waals surface area (Å²) in [5.74, 6) is 0.107. The molecule has 0 aromatic carbocycles. The van der Waals surface area contributed by atoms with Crippen LogP contribution >= 0.6 is 0 Å². The van der Waals surface area contributed by atoms with Crippen LogP contribution in [0.3, 0.4) is 0 Å². The molecule has 14 heavy (non-hydrogen) atoms. The zero-order valence-corrected chi connectivity index (χ0v) is 8.88. The highest BCUT2D eigenvalue weighted by molar-refractivity contribution is 5.78. The van der Waals surface area contributed by atoms with Crippen LogP contribution in [0.15, 0.2) is 11.6 Å². The van der Waals surface area contributed by atoms with E-state index in [1.807, 2.05) is 6.92 Å². The van der Waals surface area contributed by atoms with Crippen molar-refractivity contribution in [2.24, 2.45) is 5.73 Å². The molecule has 3 heteroatoms. The lowest BCUT2D eigenvalue weighted by Crippen LogP contribution is -2.35. The van der Waals surface area contributed by atoms with Crippen LogP contribution in [-0.2, 0) is 4.79 Å². The quantitative estimate of drug-likeness (QED) is 0.667. The molecule has 1 unspecified atom stereocenters. The molecule has 80 valence electrons. The Kier molecular flexibility index (Phi) is 4.66. The number of carbonyl (C=O) groups is 1. The number of rotatable bonds is 4. The summed E-state index contributed by atoms with van der Waals surface area (Å²) in [5, 5.41) is 2.82. The van der Waals surface area contributed by atoms with Gasteiger partial charge in [0.25, 0.3) is 0 Å². The van der Waals surface area contributed by atoms with E-state index in [4.69, 9.17) is 5.73 Å². The molecule has 0 aromatic heterocycles. The highest BCUT2D eigenvalue weighted by atomic mass is 16.1. The third kappa shape index (κ3) is 4.42. The van der Waals surface area contributed by atoms with Crippen molar-refractivity contribution in [3.05, 3.63) is 11.6 Å². The van der Waals surface area contributed by atoms with Crippen molar-refractivity contribution in [3.8, 4) is 0 Å². The fraction of sp³-hybridized carbons (Fsp3) is 0.727. The van der Waals surface area contributed by atoms with Gasteiger partial charge < -0.3 is 11.1 Å². The molecule has 1 aliphatic carbocycles. The van der Waals surface area contributed by atoms with E-state index in [0.29, 0.717) is 13.0 Å². The first-order valence-corrected chi connectivity index (χ1v) is 5.38. The first-order valence-electron chi connectivity index (χ1n) is 5.38. The van der Waals surface area contributed by atoms with Gasteiger partial charge in [0.1, 0.15) is 0 Å². The van der Waals surface area contributed by atoms with Gasteiger partial charge >= 0.3 is 0 Å². The molecule has 1 atom stereocenters. The van der Waals surface area contributed by atoms with Crippen LogP contribution in [0.1, 0.15) is 39.0 Å². The number of hydrogen-bond acceptors (Lipinski definition) is 2. The lowest BCUT2D eigenvalue weighted by atomic mass is 9.97. The lowest BCUT2D eigenvalue weighted by molar-refractivity contribution is -0.120. The van der Waals surface area contributed by atoms with Crippen molar-refractivity contribution in [2.45, 2.75) is 45.1 Å². The maximum absolute atomic E-state index is 11.4. The monoisotopic (exact) mass is 196 g/mol. The summed E-state index contributed by atoms with van der Waals surface area (Å²) in [7, 11) is 0. The van der Waals surface area contributed by atoms with E-state index in [-0.39, 0.29) is 11.9 Å². The molecule has 0 aromatic rings. The second-order valence-electron chi connectivity index (χ2n) is 4.07. The molecule has 0 bridgehead atoms. The SMILES string of the molecule is CC(N)CNC(=O)CC1=CCCCC1. The molecule has 0 saturated heterocycles. The van der Waals surface area contributed by atoms with Crippen LogP contribution in [0, 0.1) is 0 Å². The van der Waals surface area contributed by atoms with Gasteiger partial charge in [-0.1, -0.05) is 11.6 Å². The number of nitrogens with two attached hydrogens (primary N) is 1. The van der Waals surface area contributed by atoms with Crippen molar-refractivity contribution >= 4 is 5.91 Å². The smallest absolute Gasteiger partial charge is 0.224 e. The Bertz CT molecular complexity index is 221. The van der Waals surface area contributed by atoms with Gasteiger partial charge in [0.2, 0.25) is 5.91 Å². The predicted octanol–water partition coefficient (Wildman–Crippen LogP) is 1.34. The van der Waals surface area contributed by atoms with Crippen molar-refractivity contribution < 1.29 is 4.79 Å². The Morgan fingerprint density at radius 2 is 2.43 bits per heavy atom. The van der Waals surface area contributed by atoms with Gasteiger partial charge in [0.15, 0.2) is 0 Å². The standard InChI is InChI=1S/C11H20N2O/c1-9(12)8-13-11(14)7-10-5-3-2-4-6-10/h5,9H,2-4,6-8,12H2,1H3,(H,13,14). The van der Waals surface area contributed by atoms with Gasteiger partial charge in [-0.3, -0.25) is 4.79 Å². The summed E-state index contributed by atoms with van der Waals surface area (Å²) < 4.78 is 0. The summed E-state index contributed by atoms with van der Waals surface area (Å²) in [6.45, 7) is 2.46. The third-order valence-electron chi connectivity index (χ3n) is 2.39. The minimum atomic E-state index is 0.0410. The Labute approximate surface area is 85.7 Å². The molecule has 3 N–H and O–H groups in total. The van der Waals surface area contributed by atoms with E-state index in [0.717, 1.165) is 12.8 Å². The zero-order valence-electron chi connectivity index (χ0n) is 8.88. The first kappa shape index (κ1) is 11.2. The fourth-order valence-corrected chi connectivity index (χ4v) is 1.61. The van der Waals surface area contributed by atoms with Gasteiger partial charge in [-0.05, 0) is 32.6 Å². The molecule has 0 aliphatic heterocycles. The van der Waals surface area contributed by atoms with Crippen LogP contribution in [-0.4, -0.2) is 18.5 Å². The van der Waals surface area contributed by atoms with Gasteiger partial charge in [-0.25, -0.2) is 0 Å². The van der Waals surface area contributed by atoms with Gasteiger partial charge in [0.05, 0.1) is 0 Å². The number of nitrogens with one attached hydrogen (secondary N) is 1. The average Bonchev–Trinajstić information content (AvgIpc) is 2.16. The summed E-state index contributed by atoms with van der Waals surface area (Å²) in [6, 6.07) is 0.0410. The second kappa shape index (κ2) is 5.81. The number of amides is 1. The summed E-state index contributed by atoms with van der Waals surface area (Å²) in [5.41, 5.74) is 6.83. The summed E-state index contributed by atoms with van der Waals surface area (Å²) >= 11 is 0. The minimum absolute atomic E-state index is 0.0410. The van der Waals surface area contributed by atoms with Crippen LogP contribution in [0.5, 0.6) is 0 Å². The largest absolute Gasteiger partial charge is 0.354 e. The lowest BCUT2D eigenvalue weighted by Gasteiger charge is -2.13. The van der Waals surface area contributed by atoms with Crippen molar-refractivity contribution in [1.82, 2.24) is 5.32 Å². The highest BCUT2D eigenvalue weighted by Gasteiger charge is 2.08. The third-order valence-corrected chi connectivity index (χ3v) is 2.39.